The number of halogens is 1. The molecule has 27 heavy (non-hydrogen) atoms. The molecule has 0 unspecified atom stereocenters. The van der Waals surface area contributed by atoms with Crippen LogP contribution >= 0.6 is 0 Å². The zero-order valence-corrected chi connectivity index (χ0v) is 15.1. The minimum Gasteiger partial charge on any atom is -0.481 e. The highest BCUT2D eigenvalue weighted by atomic mass is 19.1. The summed E-state index contributed by atoms with van der Waals surface area (Å²) in [4.78, 5) is 21.5. The molecule has 3 heterocycles. The van der Waals surface area contributed by atoms with Crippen LogP contribution in [-0.2, 0) is 17.9 Å². The fourth-order valence-electron chi connectivity index (χ4n) is 3.85. The number of carboxylic acid groups (broad SMARTS) is 1. The molecule has 0 aliphatic carbocycles. The molecule has 3 N–H and O–H groups in total. The number of benzene rings is 1. The molecule has 4 rings (SSSR count). The summed E-state index contributed by atoms with van der Waals surface area (Å²) in [6, 6.07) is 7.97. The van der Waals surface area contributed by atoms with Crippen LogP contribution in [0.25, 0.3) is 11.1 Å². The van der Waals surface area contributed by atoms with Crippen molar-refractivity contribution in [3.05, 3.63) is 57.8 Å². The Balaban J connectivity index is 0.000000481. The van der Waals surface area contributed by atoms with Gasteiger partial charge >= 0.3 is 0 Å². The van der Waals surface area contributed by atoms with Gasteiger partial charge in [0.05, 0.1) is 6.61 Å². The van der Waals surface area contributed by atoms with Gasteiger partial charge in [0, 0.05) is 43.3 Å². The van der Waals surface area contributed by atoms with Gasteiger partial charge in [-0.15, -0.1) is 0 Å². The molecule has 1 saturated heterocycles. The van der Waals surface area contributed by atoms with Gasteiger partial charge in [-0.25, -0.2) is 4.39 Å². The zero-order valence-electron chi connectivity index (χ0n) is 15.1. The van der Waals surface area contributed by atoms with Crippen molar-refractivity contribution < 1.29 is 19.4 Å². The number of aromatic nitrogens is 1. The number of carbonyl (C=O) groups is 1. The minimum absolute atomic E-state index is 0.0668. The lowest BCUT2D eigenvalue weighted by molar-refractivity contribution is -0.134. The molecule has 7 heteroatoms. The third-order valence-electron chi connectivity index (χ3n) is 4.99. The highest BCUT2D eigenvalue weighted by Gasteiger charge is 2.31. The van der Waals surface area contributed by atoms with Gasteiger partial charge in [-0.3, -0.25) is 9.59 Å². The summed E-state index contributed by atoms with van der Waals surface area (Å²) in [6.07, 6.45) is 1.08. The number of carboxylic acids is 1. The Bertz CT molecular complexity index is 905. The third kappa shape index (κ3) is 4.26. The molecule has 2 aliphatic rings. The molecule has 2 bridgehead atoms. The van der Waals surface area contributed by atoms with E-state index in [-0.39, 0.29) is 18.0 Å². The number of nitrogens with zero attached hydrogens (tertiary/aromatic N) is 1. The molecule has 2 aromatic rings. The van der Waals surface area contributed by atoms with Gasteiger partial charge < -0.3 is 20.1 Å². The maximum Gasteiger partial charge on any atom is 0.300 e. The summed E-state index contributed by atoms with van der Waals surface area (Å²) in [5, 5.41) is 20.1. The fraction of sp³-hybridized carbons (Fsp3) is 0.400. The van der Waals surface area contributed by atoms with Crippen LogP contribution in [0.4, 0.5) is 4.39 Å². The Morgan fingerprint density at radius 1 is 1.30 bits per heavy atom. The number of aliphatic carboxylic acids is 1. The van der Waals surface area contributed by atoms with Crippen LogP contribution < -0.4 is 10.9 Å². The lowest BCUT2D eigenvalue weighted by Gasteiger charge is -2.37. The van der Waals surface area contributed by atoms with Crippen molar-refractivity contribution >= 4 is 5.97 Å². The SMILES string of the molecule is CC(=O)O.O=c1cc(-c2cc(CO)ccc2F)cc2n1C[C@@H]1CNC[C@H]2C1. The van der Waals surface area contributed by atoms with Crippen molar-refractivity contribution in [3.8, 4) is 11.1 Å². The number of pyridine rings is 1. The van der Waals surface area contributed by atoms with E-state index in [9.17, 15) is 14.3 Å². The zero-order chi connectivity index (χ0) is 19.6. The molecule has 1 aromatic carbocycles. The van der Waals surface area contributed by atoms with Crippen molar-refractivity contribution in [3.63, 3.8) is 0 Å². The van der Waals surface area contributed by atoms with Crippen molar-refractivity contribution in [1.82, 2.24) is 9.88 Å². The minimum atomic E-state index is -0.833. The summed E-state index contributed by atoms with van der Waals surface area (Å²) in [5.41, 5.74) is 2.53. The number of piperidine rings is 1. The summed E-state index contributed by atoms with van der Waals surface area (Å²) in [6.45, 7) is 3.48. The van der Waals surface area contributed by atoms with Crippen LogP contribution in [0, 0.1) is 11.7 Å². The summed E-state index contributed by atoms with van der Waals surface area (Å²) in [7, 11) is 0. The molecule has 0 amide bonds. The van der Waals surface area contributed by atoms with Crippen LogP contribution in [0.15, 0.2) is 35.1 Å². The summed E-state index contributed by atoms with van der Waals surface area (Å²) < 4.78 is 16.0. The molecule has 2 aliphatic heterocycles. The maximum atomic E-state index is 14.2. The van der Waals surface area contributed by atoms with Crippen LogP contribution in [-0.4, -0.2) is 33.8 Å². The Hall–Kier alpha value is -2.51. The first-order valence-electron chi connectivity index (χ1n) is 8.93. The molecule has 0 radical (unpaired) electrons. The van der Waals surface area contributed by atoms with E-state index in [1.165, 1.54) is 12.1 Å². The van der Waals surface area contributed by atoms with Gasteiger partial charge in [0.2, 0.25) is 0 Å². The second kappa shape index (κ2) is 8.02. The van der Waals surface area contributed by atoms with E-state index in [2.05, 4.69) is 5.32 Å². The van der Waals surface area contributed by atoms with Crippen LogP contribution in [0.3, 0.4) is 0 Å². The normalized spacial score (nSPS) is 20.3. The van der Waals surface area contributed by atoms with Crippen LogP contribution in [0.5, 0.6) is 0 Å². The number of rotatable bonds is 2. The van der Waals surface area contributed by atoms with Gasteiger partial charge in [0.15, 0.2) is 0 Å². The molecule has 1 aromatic heterocycles. The second-order valence-electron chi connectivity index (χ2n) is 7.07. The highest BCUT2D eigenvalue weighted by molar-refractivity contribution is 5.65. The second-order valence-corrected chi connectivity index (χ2v) is 7.07. The molecule has 1 fully saturated rings. The van der Waals surface area contributed by atoms with E-state index in [1.54, 1.807) is 12.1 Å². The van der Waals surface area contributed by atoms with Crippen LogP contribution in [0.1, 0.15) is 30.5 Å². The average molecular weight is 374 g/mol. The maximum absolute atomic E-state index is 14.2. The van der Waals surface area contributed by atoms with Gasteiger partial charge in [-0.05, 0) is 48.2 Å². The van der Waals surface area contributed by atoms with E-state index >= 15 is 0 Å². The number of hydrogen-bond acceptors (Lipinski definition) is 4. The van der Waals surface area contributed by atoms with Gasteiger partial charge in [0.1, 0.15) is 5.82 Å². The third-order valence-corrected chi connectivity index (χ3v) is 4.99. The fourth-order valence-corrected chi connectivity index (χ4v) is 3.85. The van der Waals surface area contributed by atoms with Crippen molar-refractivity contribution in [2.24, 2.45) is 5.92 Å². The topological polar surface area (TPSA) is 91.6 Å². The number of nitrogens with one attached hydrogen (secondary N) is 1. The van der Waals surface area contributed by atoms with E-state index in [1.807, 2.05) is 10.6 Å². The molecule has 6 nitrogen and oxygen atoms in total. The van der Waals surface area contributed by atoms with Crippen LogP contribution in [0.2, 0.25) is 0 Å². The lowest BCUT2D eigenvalue weighted by Crippen LogP contribution is -2.44. The molecule has 0 saturated carbocycles. The Kier molecular flexibility index (Phi) is 5.72. The molecule has 144 valence electrons. The van der Waals surface area contributed by atoms with Gasteiger partial charge in [0.25, 0.3) is 11.5 Å². The summed E-state index contributed by atoms with van der Waals surface area (Å²) >= 11 is 0. The predicted octanol–water partition coefficient (Wildman–Crippen LogP) is 1.94. The highest BCUT2D eigenvalue weighted by Crippen LogP contribution is 2.34. The number of aliphatic hydroxyl groups is 1. The molecular weight excluding hydrogens is 351 g/mol. The van der Waals surface area contributed by atoms with Gasteiger partial charge in [-0.2, -0.15) is 0 Å². The first kappa shape index (κ1) is 19.3. The first-order valence-corrected chi connectivity index (χ1v) is 8.93. The van der Waals surface area contributed by atoms with E-state index in [4.69, 9.17) is 9.90 Å². The average Bonchev–Trinajstić information content (AvgIpc) is 2.63. The largest absolute Gasteiger partial charge is 0.481 e. The number of hydrogen-bond donors (Lipinski definition) is 3. The van der Waals surface area contributed by atoms with Gasteiger partial charge in [-0.1, -0.05) is 6.07 Å². The van der Waals surface area contributed by atoms with E-state index in [0.717, 1.165) is 38.7 Å². The molecule has 2 atom stereocenters. The quantitative estimate of drug-likeness (QED) is 0.747. The van der Waals surface area contributed by atoms with E-state index in [0.29, 0.717) is 28.5 Å². The molecule has 0 spiro atoms. The standard InChI is InChI=1S/C18H19FN2O2.C2H4O2/c19-16-2-1-11(10-22)4-15(16)13-5-17-14-3-12(7-20-8-14)9-21(17)18(23)6-13;1-2(3)4/h1-2,4-6,12,14,20,22H,3,7-10H2;1H3,(H,3,4)/t12-,14+;/m0./s1. The van der Waals surface area contributed by atoms with Crippen molar-refractivity contribution in [1.29, 1.82) is 0 Å². The lowest BCUT2D eigenvalue weighted by atomic mass is 9.83. The van der Waals surface area contributed by atoms with Crippen molar-refractivity contribution in [2.45, 2.75) is 32.4 Å². The Labute approximate surface area is 156 Å². The smallest absolute Gasteiger partial charge is 0.300 e. The summed E-state index contributed by atoms with van der Waals surface area (Å²) in [5.74, 6) is -0.402. The number of fused-ring (bicyclic) bond motifs is 4. The molecular formula is C20H23FN2O4. The Morgan fingerprint density at radius 2 is 2.04 bits per heavy atom. The monoisotopic (exact) mass is 374 g/mol. The first-order chi connectivity index (χ1) is 12.9. The van der Waals surface area contributed by atoms with E-state index < -0.39 is 5.97 Å². The number of aliphatic hydroxyl groups excluding tert-OH is 1. The predicted molar refractivity (Wildman–Crippen MR) is 99.0 cm³/mol. The Morgan fingerprint density at radius 3 is 2.74 bits per heavy atom. The van der Waals surface area contributed by atoms with Crippen molar-refractivity contribution in [2.75, 3.05) is 13.1 Å².